The fraction of sp³-hybridized carbons (Fsp3) is 0.235. The molecule has 4 rings (SSSR count). The average Bonchev–Trinajstić information content (AvgIpc) is 3.05. The van der Waals surface area contributed by atoms with Crippen molar-refractivity contribution in [3.05, 3.63) is 59.0 Å². The molecule has 1 aliphatic heterocycles. The third-order valence-electron chi connectivity index (χ3n) is 4.27. The predicted molar refractivity (Wildman–Crippen MR) is 95.8 cm³/mol. The Morgan fingerprint density at radius 3 is 2.84 bits per heavy atom. The van der Waals surface area contributed by atoms with Crippen molar-refractivity contribution >= 4 is 33.1 Å². The number of aromatic nitrogens is 5. The van der Waals surface area contributed by atoms with Crippen LogP contribution in [0.25, 0.3) is 11.2 Å². The molecule has 0 bridgehead atoms. The number of amides is 1. The van der Waals surface area contributed by atoms with Gasteiger partial charge < -0.3 is 4.90 Å². The maximum Gasteiger partial charge on any atom is 0.274 e. The summed E-state index contributed by atoms with van der Waals surface area (Å²) in [6.07, 6.45) is 11.4. The fourth-order valence-corrected chi connectivity index (χ4v) is 3.29. The SMILES string of the molecule is CC1CC(c2cncnc2)=CCN1C(=O)c1cc2ncc(Br)cn2n1. The van der Waals surface area contributed by atoms with Crippen LogP contribution in [0.2, 0.25) is 0 Å². The van der Waals surface area contributed by atoms with Crippen molar-refractivity contribution < 1.29 is 4.79 Å². The summed E-state index contributed by atoms with van der Waals surface area (Å²) in [4.78, 5) is 27.1. The zero-order valence-electron chi connectivity index (χ0n) is 13.5. The van der Waals surface area contributed by atoms with E-state index in [-0.39, 0.29) is 11.9 Å². The number of halogens is 1. The average molecular weight is 399 g/mol. The van der Waals surface area contributed by atoms with E-state index < -0.39 is 0 Å². The van der Waals surface area contributed by atoms with Crippen molar-refractivity contribution in [2.24, 2.45) is 0 Å². The standard InChI is InChI=1S/C17H15BrN6O/c1-11-4-12(13-6-19-10-20-7-13)2-3-23(11)17(25)15-5-16-21-8-14(18)9-24(16)22-15/h2,5-11H,3-4H2,1H3. The lowest BCUT2D eigenvalue weighted by Gasteiger charge is -2.32. The van der Waals surface area contributed by atoms with Gasteiger partial charge in [0.15, 0.2) is 11.3 Å². The molecule has 0 saturated carbocycles. The normalized spacial score (nSPS) is 17.6. The Bertz CT molecular complexity index is 968. The van der Waals surface area contributed by atoms with Gasteiger partial charge in [-0.2, -0.15) is 5.10 Å². The molecule has 0 spiro atoms. The van der Waals surface area contributed by atoms with Gasteiger partial charge in [0.25, 0.3) is 5.91 Å². The highest BCUT2D eigenvalue weighted by molar-refractivity contribution is 9.10. The first-order valence-electron chi connectivity index (χ1n) is 7.88. The highest BCUT2D eigenvalue weighted by Crippen LogP contribution is 2.26. The minimum Gasteiger partial charge on any atom is -0.330 e. The monoisotopic (exact) mass is 398 g/mol. The fourth-order valence-electron chi connectivity index (χ4n) is 2.99. The van der Waals surface area contributed by atoms with E-state index in [9.17, 15) is 4.79 Å². The van der Waals surface area contributed by atoms with Gasteiger partial charge in [0.05, 0.1) is 4.47 Å². The van der Waals surface area contributed by atoms with Crippen molar-refractivity contribution in [2.75, 3.05) is 6.54 Å². The molecule has 0 radical (unpaired) electrons. The van der Waals surface area contributed by atoms with Crippen molar-refractivity contribution in [2.45, 2.75) is 19.4 Å². The van der Waals surface area contributed by atoms with Gasteiger partial charge in [-0.15, -0.1) is 0 Å². The smallest absolute Gasteiger partial charge is 0.274 e. The Labute approximate surface area is 152 Å². The maximum absolute atomic E-state index is 12.9. The number of carbonyl (C=O) groups excluding carboxylic acids is 1. The molecule has 1 aliphatic rings. The Morgan fingerprint density at radius 2 is 2.08 bits per heavy atom. The van der Waals surface area contributed by atoms with E-state index >= 15 is 0 Å². The van der Waals surface area contributed by atoms with E-state index in [0.717, 1.165) is 22.0 Å². The molecule has 25 heavy (non-hydrogen) atoms. The number of carbonyl (C=O) groups is 1. The number of hydrogen-bond donors (Lipinski definition) is 0. The third-order valence-corrected chi connectivity index (χ3v) is 4.68. The molecule has 1 unspecified atom stereocenters. The highest BCUT2D eigenvalue weighted by Gasteiger charge is 2.27. The van der Waals surface area contributed by atoms with E-state index in [0.29, 0.717) is 17.9 Å². The molecule has 8 heteroatoms. The maximum atomic E-state index is 12.9. The third kappa shape index (κ3) is 3.05. The molecular weight excluding hydrogens is 384 g/mol. The first-order chi connectivity index (χ1) is 12.1. The molecule has 0 fully saturated rings. The number of fused-ring (bicyclic) bond motifs is 1. The molecule has 1 amide bonds. The lowest BCUT2D eigenvalue weighted by atomic mass is 9.96. The molecule has 0 saturated heterocycles. The molecule has 3 aromatic rings. The minimum atomic E-state index is -0.0891. The summed E-state index contributed by atoms with van der Waals surface area (Å²) in [5.74, 6) is -0.0891. The number of nitrogens with zero attached hydrogens (tertiary/aromatic N) is 6. The summed E-state index contributed by atoms with van der Waals surface area (Å²) < 4.78 is 2.42. The molecule has 4 heterocycles. The second-order valence-corrected chi connectivity index (χ2v) is 6.89. The Balaban J connectivity index is 1.59. The second-order valence-electron chi connectivity index (χ2n) is 5.97. The number of rotatable bonds is 2. The molecule has 0 aliphatic carbocycles. The largest absolute Gasteiger partial charge is 0.330 e. The highest BCUT2D eigenvalue weighted by atomic mass is 79.9. The van der Waals surface area contributed by atoms with Crippen molar-refractivity contribution in [1.29, 1.82) is 0 Å². The molecule has 0 N–H and O–H groups in total. The van der Waals surface area contributed by atoms with Crippen LogP contribution in [0.1, 0.15) is 29.4 Å². The van der Waals surface area contributed by atoms with Gasteiger partial charge in [-0.05, 0) is 34.8 Å². The van der Waals surface area contributed by atoms with Crippen LogP contribution in [-0.2, 0) is 0 Å². The summed E-state index contributed by atoms with van der Waals surface area (Å²) in [7, 11) is 0. The molecule has 1 atom stereocenters. The van der Waals surface area contributed by atoms with Crippen molar-refractivity contribution in [3.8, 4) is 0 Å². The van der Waals surface area contributed by atoms with Crippen LogP contribution in [-0.4, -0.2) is 48.0 Å². The molecule has 0 aromatic carbocycles. The van der Waals surface area contributed by atoms with E-state index in [2.05, 4.69) is 42.1 Å². The minimum absolute atomic E-state index is 0.0669. The van der Waals surface area contributed by atoms with Crippen LogP contribution in [0.15, 0.2) is 47.7 Å². The summed E-state index contributed by atoms with van der Waals surface area (Å²) in [6, 6.07) is 1.78. The first-order valence-corrected chi connectivity index (χ1v) is 8.67. The summed E-state index contributed by atoms with van der Waals surface area (Å²) >= 11 is 3.36. The van der Waals surface area contributed by atoms with Gasteiger partial charge in [0.2, 0.25) is 0 Å². The topological polar surface area (TPSA) is 76.3 Å². The number of hydrogen-bond acceptors (Lipinski definition) is 5. The van der Waals surface area contributed by atoms with E-state index in [4.69, 9.17) is 0 Å². The summed E-state index contributed by atoms with van der Waals surface area (Å²) in [5, 5.41) is 4.35. The molecule has 126 valence electrons. The lowest BCUT2D eigenvalue weighted by Crippen LogP contribution is -2.41. The zero-order chi connectivity index (χ0) is 17.4. The van der Waals surface area contributed by atoms with Crippen LogP contribution >= 0.6 is 15.9 Å². The lowest BCUT2D eigenvalue weighted by molar-refractivity contribution is 0.0705. The Kier molecular flexibility index (Phi) is 4.04. The van der Waals surface area contributed by atoms with Gasteiger partial charge in [0.1, 0.15) is 6.33 Å². The van der Waals surface area contributed by atoms with Gasteiger partial charge >= 0.3 is 0 Å². The van der Waals surface area contributed by atoms with E-state index in [1.807, 2.05) is 11.8 Å². The van der Waals surface area contributed by atoms with Gasteiger partial charge in [0, 0.05) is 49.0 Å². The van der Waals surface area contributed by atoms with Crippen LogP contribution in [0.5, 0.6) is 0 Å². The summed E-state index contributed by atoms with van der Waals surface area (Å²) in [5.41, 5.74) is 3.22. The van der Waals surface area contributed by atoms with Gasteiger partial charge in [-0.3, -0.25) is 4.79 Å². The predicted octanol–water partition coefficient (Wildman–Crippen LogP) is 2.60. The van der Waals surface area contributed by atoms with E-state index in [1.165, 1.54) is 6.33 Å². The Hall–Kier alpha value is -2.61. The van der Waals surface area contributed by atoms with Crippen LogP contribution in [0, 0.1) is 0 Å². The Morgan fingerprint density at radius 1 is 1.28 bits per heavy atom. The molecule has 3 aromatic heterocycles. The van der Waals surface area contributed by atoms with Crippen LogP contribution < -0.4 is 0 Å². The van der Waals surface area contributed by atoms with Crippen LogP contribution in [0.3, 0.4) is 0 Å². The molecule has 7 nitrogen and oxygen atoms in total. The zero-order valence-corrected chi connectivity index (χ0v) is 15.1. The van der Waals surface area contributed by atoms with E-state index in [1.54, 1.807) is 35.4 Å². The van der Waals surface area contributed by atoms with Crippen molar-refractivity contribution in [3.63, 3.8) is 0 Å². The quantitative estimate of drug-likeness (QED) is 0.662. The van der Waals surface area contributed by atoms with Crippen molar-refractivity contribution in [1.82, 2.24) is 29.5 Å². The second kappa shape index (κ2) is 6.36. The van der Waals surface area contributed by atoms with Gasteiger partial charge in [-0.25, -0.2) is 19.5 Å². The summed E-state index contributed by atoms with van der Waals surface area (Å²) in [6.45, 7) is 2.58. The van der Waals surface area contributed by atoms with Crippen LogP contribution in [0.4, 0.5) is 0 Å². The first kappa shape index (κ1) is 15.9. The molecular formula is C17H15BrN6O. The van der Waals surface area contributed by atoms with Gasteiger partial charge in [-0.1, -0.05) is 6.08 Å².